The Morgan fingerprint density at radius 2 is 1.83 bits per heavy atom. The van der Waals surface area contributed by atoms with Crippen LogP contribution < -0.4 is 10.2 Å². The minimum Gasteiger partial charge on any atom is -0.467 e. The number of nitrogens with one attached hydrogen (secondary N) is 1. The Morgan fingerprint density at radius 1 is 1.07 bits per heavy atom. The first kappa shape index (κ1) is 19.3. The molecule has 0 bridgehead atoms. The summed E-state index contributed by atoms with van der Waals surface area (Å²) in [5.41, 5.74) is 4.47. The Morgan fingerprint density at radius 3 is 2.52 bits per heavy atom. The van der Waals surface area contributed by atoms with Crippen LogP contribution in [0.15, 0.2) is 53.1 Å². The summed E-state index contributed by atoms with van der Waals surface area (Å²) >= 11 is 0. The molecule has 0 spiro atoms. The van der Waals surface area contributed by atoms with Gasteiger partial charge in [-0.2, -0.15) is 5.10 Å². The van der Waals surface area contributed by atoms with E-state index in [1.807, 2.05) is 35.0 Å². The van der Waals surface area contributed by atoms with Crippen LogP contribution in [0.2, 0.25) is 0 Å². The van der Waals surface area contributed by atoms with Gasteiger partial charge in [0.15, 0.2) is 0 Å². The molecule has 0 aliphatic carbocycles. The minimum atomic E-state index is 0.0270. The van der Waals surface area contributed by atoms with Gasteiger partial charge in [0.05, 0.1) is 42.1 Å². The highest BCUT2D eigenvalue weighted by Gasteiger charge is 2.24. The first-order valence-electron chi connectivity index (χ1n) is 10.00. The van der Waals surface area contributed by atoms with Crippen molar-refractivity contribution in [2.24, 2.45) is 0 Å². The first-order chi connectivity index (χ1) is 14.1. The topological polar surface area (TPSA) is 66.5 Å². The highest BCUT2D eigenvalue weighted by atomic mass is 16.3. The number of rotatable bonds is 6. The molecule has 0 saturated carbocycles. The molecule has 0 atom stereocenters. The maximum Gasteiger partial charge on any atom is 0.234 e. The van der Waals surface area contributed by atoms with E-state index >= 15 is 0 Å². The van der Waals surface area contributed by atoms with Crippen LogP contribution in [0.1, 0.15) is 17.1 Å². The van der Waals surface area contributed by atoms with E-state index in [2.05, 4.69) is 41.1 Å². The predicted octanol–water partition coefficient (Wildman–Crippen LogP) is 2.52. The van der Waals surface area contributed by atoms with Gasteiger partial charge in [0.25, 0.3) is 0 Å². The second kappa shape index (κ2) is 8.53. The zero-order valence-electron chi connectivity index (χ0n) is 17.0. The number of carbonyl (C=O) groups excluding carboxylic acids is 1. The zero-order chi connectivity index (χ0) is 20.2. The van der Waals surface area contributed by atoms with Crippen molar-refractivity contribution in [1.82, 2.24) is 20.0 Å². The number of anilines is 1. The van der Waals surface area contributed by atoms with E-state index in [0.717, 1.165) is 49.0 Å². The van der Waals surface area contributed by atoms with Crippen LogP contribution >= 0.6 is 0 Å². The fraction of sp³-hybridized carbons (Fsp3) is 0.364. The van der Waals surface area contributed by atoms with Gasteiger partial charge in [-0.15, -0.1) is 0 Å². The Kier molecular flexibility index (Phi) is 5.67. The van der Waals surface area contributed by atoms with Crippen LogP contribution in [0.4, 0.5) is 5.69 Å². The van der Waals surface area contributed by atoms with Crippen molar-refractivity contribution in [2.75, 3.05) is 37.6 Å². The van der Waals surface area contributed by atoms with Crippen LogP contribution in [0, 0.1) is 13.8 Å². The molecular formula is C22H27N5O2. The van der Waals surface area contributed by atoms with Gasteiger partial charge in [-0.1, -0.05) is 18.2 Å². The number of benzene rings is 1. The third-order valence-corrected chi connectivity index (χ3v) is 5.35. The normalized spacial score (nSPS) is 14.9. The van der Waals surface area contributed by atoms with Gasteiger partial charge in [-0.05, 0) is 38.1 Å². The van der Waals surface area contributed by atoms with E-state index in [1.165, 1.54) is 5.69 Å². The van der Waals surface area contributed by atoms with E-state index in [4.69, 9.17) is 9.52 Å². The van der Waals surface area contributed by atoms with E-state index in [-0.39, 0.29) is 5.91 Å². The highest BCUT2D eigenvalue weighted by Crippen LogP contribution is 2.27. The average Bonchev–Trinajstić information content (AvgIpc) is 3.36. The lowest BCUT2D eigenvalue weighted by Crippen LogP contribution is -2.49. The fourth-order valence-corrected chi connectivity index (χ4v) is 3.90. The van der Waals surface area contributed by atoms with Crippen molar-refractivity contribution < 1.29 is 9.21 Å². The van der Waals surface area contributed by atoms with Crippen LogP contribution in [0.25, 0.3) is 5.69 Å². The van der Waals surface area contributed by atoms with Crippen LogP contribution in [0.5, 0.6) is 0 Å². The largest absolute Gasteiger partial charge is 0.467 e. The number of carbonyl (C=O) groups is 1. The zero-order valence-corrected chi connectivity index (χ0v) is 17.0. The predicted molar refractivity (Wildman–Crippen MR) is 112 cm³/mol. The first-order valence-corrected chi connectivity index (χ1v) is 10.00. The molecule has 152 valence electrons. The monoisotopic (exact) mass is 393 g/mol. The number of nitrogens with zero attached hydrogens (tertiary/aromatic N) is 4. The maximum absolute atomic E-state index is 12.2. The summed E-state index contributed by atoms with van der Waals surface area (Å²) in [6.07, 6.45) is 1.62. The lowest BCUT2D eigenvalue weighted by Gasteiger charge is -2.35. The van der Waals surface area contributed by atoms with E-state index in [1.54, 1.807) is 6.26 Å². The van der Waals surface area contributed by atoms with Gasteiger partial charge in [-0.3, -0.25) is 9.69 Å². The van der Waals surface area contributed by atoms with Gasteiger partial charge in [0.1, 0.15) is 5.76 Å². The summed E-state index contributed by atoms with van der Waals surface area (Å²) in [5.74, 6) is 0.795. The van der Waals surface area contributed by atoms with Crippen molar-refractivity contribution in [3.63, 3.8) is 0 Å². The quantitative estimate of drug-likeness (QED) is 0.697. The second-order valence-corrected chi connectivity index (χ2v) is 7.39. The molecule has 1 aliphatic rings. The summed E-state index contributed by atoms with van der Waals surface area (Å²) in [4.78, 5) is 16.8. The molecule has 3 aromatic rings. The second-order valence-electron chi connectivity index (χ2n) is 7.39. The van der Waals surface area contributed by atoms with Crippen LogP contribution in [-0.4, -0.2) is 53.3 Å². The molecule has 1 aliphatic heterocycles. The lowest BCUT2D eigenvalue weighted by molar-refractivity contribution is -0.122. The van der Waals surface area contributed by atoms with Crippen LogP contribution in [0.3, 0.4) is 0 Å². The molecule has 0 unspecified atom stereocenters. The molecule has 1 aromatic carbocycles. The summed E-state index contributed by atoms with van der Waals surface area (Å²) < 4.78 is 7.26. The van der Waals surface area contributed by atoms with E-state index in [9.17, 15) is 4.79 Å². The number of aromatic nitrogens is 2. The molecule has 1 amide bonds. The Balaban J connectivity index is 1.34. The number of aryl methyl sites for hydroxylation is 1. The van der Waals surface area contributed by atoms with Gasteiger partial charge in [0.2, 0.25) is 5.91 Å². The molecule has 0 radical (unpaired) electrons. The summed E-state index contributed by atoms with van der Waals surface area (Å²) in [7, 11) is 0. The SMILES string of the molecule is Cc1nn(-c2ccccc2)c(C)c1N1CCN(CC(=O)NCc2ccco2)CC1. The molecule has 4 rings (SSSR count). The molecule has 2 aromatic heterocycles. The van der Waals surface area contributed by atoms with E-state index in [0.29, 0.717) is 13.1 Å². The summed E-state index contributed by atoms with van der Waals surface area (Å²) in [6, 6.07) is 13.9. The number of hydrogen-bond donors (Lipinski definition) is 1. The number of amides is 1. The van der Waals surface area contributed by atoms with Crippen molar-refractivity contribution >= 4 is 11.6 Å². The molecule has 3 heterocycles. The number of para-hydroxylation sites is 1. The van der Waals surface area contributed by atoms with Crippen molar-refractivity contribution in [3.05, 3.63) is 65.9 Å². The Labute approximate surface area is 170 Å². The standard InChI is InChI=1S/C22H27N5O2/c1-17-22(18(2)27(24-17)19-7-4-3-5-8-19)26-12-10-25(11-13-26)16-21(28)23-15-20-9-6-14-29-20/h3-9,14H,10-13,15-16H2,1-2H3,(H,23,28). The molecule has 29 heavy (non-hydrogen) atoms. The number of furan rings is 1. The average molecular weight is 393 g/mol. The Bertz CT molecular complexity index is 941. The Hall–Kier alpha value is -3.06. The summed E-state index contributed by atoms with van der Waals surface area (Å²) in [6.45, 7) is 8.50. The molecule has 1 fully saturated rings. The van der Waals surface area contributed by atoms with Gasteiger partial charge < -0.3 is 14.6 Å². The van der Waals surface area contributed by atoms with Crippen molar-refractivity contribution in [3.8, 4) is 5.69 Å². The minimum absolute atomic E-state index is 0.0270. The van der Waals surface area contributed by atoms with Crippen molar-refractivity contribution in [1.29, 1.82) is 0 Å². The van der Waals surface area contributed by atoms with Gasteiger partial charge in [-0.25, -0.2) is 4.68 Å². The molecular weight excluding hydrogens is 366 g/mol. The number of hydrogen-bond acceptors (Lipinski definition) is 5. The summed E-state index contributed by atoms with van der Waals surface area (Å²) in [5, 5.41) is 7.67. The smallest absolute Gasteiger partial charge is 0.234 e. The van der Waals surface area contributed by atoms with Gasteiger partial charge >= 0.3 is 0 Å². The maximum atomic E-state index is 12.2. The third-order valence-electron chi connectivity index (χ3n) is 5.35. The number of piperazine rings is 1. The molecule has 1 N–H and O–H groups in total. The highest BCUT2D eigenvalue weighted by molar-refractivity contribution is 5.78. The van der Waals surface area contributed by atoms with Gasteiger partial charge in [0, 0.05) is 26.2 Å². The fourth-order valence-electron chi connectivity index (χ4n) is 3.90. The lowest BCUT2D eigenvalue weighted by atomic mass is 10.2. The van der Waals surface area contributed by atoms with Crippen LogP contribution in [-0.2, 0) is 11.3 Å². The van der Waals surface area contributed by atoms with E-state index < -0.39 is 0 Å². The molecule has 1 saturated heterocycles. The molecule has 7 nitrogen and oxygen atoms in total. The molecule has 7 heteroatoms. The van der Waals surface area contributed by atoms with Crippen molar-refractivity contribution in [2.45, 2.75) is 20.4 Å². The third kappa shape index (κ3) is 4.35.